The molecule has 0 heterocycles. The maximum atomic E-state index is 9.51. The smallest absolute Gasteiger partial charge is 0.306 e. The molecule has 0 aliphatic rings. The van der Waals surface area contributed by atoms with Gasteiger partial charge in [0.05, 0.1) is 0 Å². The second-order valence-electron chi connectivity index (χ2n) is 0.583. The van der Waals surface area contributed by atoms with Crippen molar-refractivity contribution in [2.75, 3.05) is 0 Å². The summed E-state index contributed by atoms with van der Waals surface area (Å²) >= 11 is 0. The van der Waals surface area contributed by atoms with Crippen LogP contribution in [-0.4, -0.2) is 5.97 Å². The average molecular weight is 90.0 g/mol. The Morgan fingerprint density at radius 2 is 2.20 bits per heavy atom. The highest BCUT2D eigenvalue weighted by Gasteiger charge is 1.77. The first kappa shape index (κ1) is 4.90. The molecule has 5 heavy (non-hydrogen) atoms. The molecule has 0 atom stereocenters. The lowest BCUT2D eigenvalue weighted by Gasteiger charge is -1.77. The van der Waals surface area contributed by atoms with Crippen LogP contribution in [0.2, 0.25) is 0 Å². The van der Waals surface area contributed by atoms with E-state index in [1.807, 2.05) is 0 Å². The standard InChI is InChI=1S/C2H3O2P/c1-2(3)4-5/h1H3. The maximum Gasteiger partial charge on any atom is 0.306 e. The summed E-state index contributed by atoms with van der Waals surface area (Å²) in [6, 6.07) is 0. The molecule has 0 amide bonds. The normalized spacial score (nSPS) is 6.80. The van der Waals surface area contributed by atoms with Crippen molar-refractivity contribution in [1.29, 1.82) is 0 Å². The molecule has 0 saturated heterocycles. The molecule has 0 aromatic carbocycles. The van der Waals surface area contributed by atoms with E-state index in [2.05, 4.69) is 14.0 Å². The molecule has 0 rings (SSSR count). The second kappa shape index (κ2) is 2.16. The number of hydrogen-bond acceptors (Lipinski definition) is 2. The van der Waals surface area contributed by atoms with Gasteiger partial charge < -0.3 is 4.52 Å². The fourth-order valence-electron chi connectivity index (χ4n) is 0. The monoisotopic (exact) mass is 90.0 g/mol. The zero-order valence-electron chi connectivity index (χ0n) is 2.76. The molecule has 2 nitrogen and oxygen atoms in total. The van der Waals surface area contributed by atoms with E-state index in [9.17, 15) is 4.79 Å². The molecule has 0 aromatic heterocycles. The van der Waals surface area contributed by atoms with E-state index in [4.69, 9.17) is 0 Å². The average Bonchev–Trinajstić information content (AvgIpc) is 1.38. The number of hydrogen-bond donors (Lipinski definition) is 0. The summed E-state index contributed by atoms with van der Waals surface area (Å²) in [7, 11) is 3.17. The number of carbonyl (C=O) groups excluding carboxylic acids is 1. The summed E-state index contributed by atoms with van der Waals surface area (Å²) in [5, 5.41) is 0. The van der Waals surface area contributed by atoms with Crippen LogP contribution in [0, 0.1) is 0 Å². The van der Waals surface area contributed by atoms with Crippen LogP contribution >= 0.6 is 9.47 Å². The van der Waals surface area contributed by atoms with Crippen LogP contribution in [0.1, 0.15) is 6.92 Å². The van der Waals surface area contributed by atoms with Crippen LogP contribution in [0.5, 0.6) is 0 Å². The van der Waals surface area contributed by atoms with Gasteiger partial charge in [0.15, 0.2) is 0 Å². The van der Waals surface area contributed by atoms with E-state index in [0.717, 1.165) is 0 Å². The SMILES string of the molecule is CC(=O)O[P]. The van der Waals surface area contributed by atoms with Crippen molar-refractivity contribution in [1.82, 2.24) is 0 Å². The van der Waals surface area contributed by atoms with Gasteiger partial charge in [-0.05, 0) is 0 Å². The minimum Gasteiger partial charge on any atom is -0.428 e. The lowest BCUT2D eigenvalue weighted by Crippen LogP contribution is -1.82. The molecule has 0 fully saturated rings. The third-order valence-corrected chi connectivity index (χ3v) is 0.386. The Morgan fingerprint density at radius 1 is 2.00 bits per heavy atom. The summed E-state index contributed by atoms with van der Waals surface area (Å²) in [5.41, 5.74) is 0. The first-order valence-corrected chi connectivity index (χ1v) is 1.46. The van der Waals surface area contributed by atoms with Crippen LogP contribution in [0.15, 0.2) is 0 Å². The first-order valence-electron chi connectivity index (χ1n) is 1.09. The Kier molecular flexibility index (Phi) is 2.11. The molecule has 2 radical (unpaired) electrons. The van der Waals surface area contributed by atoms with Gasteiger partial charge in [0.2, 0.25) is 9.47 Å². The van der Waals surface area contributed by atoms with Gasteiger partial charge in [0.25, 0.3) is 0 Å². The Balaban J connectivity index is 2.85. The molecule has 0 bridgehead atoms. The van der Waals surface area contributed by atoms with E-state index >= 15 is 0 Å². The van der Waals surface area contributed by atoms with Gasteiger partial charge >= 0.3 is 5.97 Å². The molecular weight excluding hydrogens is 87.0 g/mol. The molecule has 3 heteroatoms. The molecule has 0 saturated carbocycles. The van der Waals surface area contributed by atoms with Crippen molar-refractivity contribution >= 4 is 15.4 Å². The molecular formula is C2H3O2P. The zero-order chi connectivity index (χ0) is 4.28. The van der Waals surface area contributed by atoms with Gasteiger partial charge in [-0.25, -0.2) is 0 Å². The zero-order valence-corrected chi connectivity index (χ0v) is 3.66. The van der Waals surface area contributed by atoms with Gasteiger partial charge in [0, 0.05) is 6.92 Å². The van der Waals surface area contributed by atoms with E-state index in [0.29, 0.717) is 0 Å². The van der Waals surface area contributed by atoms with Crippen LogP contribution in [0.3, 0.4) is 0 Å². The molecule has 0 aliphatic carbocycles. The number of carbonyl (C=O) groups is 1. The largest absolute Gasteiger partial charge is 0.428 e. The summed E-state index contributed by atoms with van der Waals surface area (Å²) < 4.78 is 3.81. The fraction of sp³-hybridized carbons (Fsp3) is 0.500. The highest BCUT2D eigenvalue weighted by atomic mass is 31.0. The summed E-state index contributed by atoms with van der Waals surface area (Å²) in [5.74, 6) is -0.381. The first-order chi connectivity index (χ1) is 2.27. The predicted octanol–water partition coefficient (Wildman–Crippen LogP) is 0.875. The Morgan fingerprint density at radius 3 is 2.20 bits per heavy atom. The lowest BCUT2D eigenvalue weighted by molar-refractivity contribution is -0.130. The molecule has 0 aromatic rings. The van der Waals surface area contributed by atoms with Crippen molar-refractivity contribution in [3.63, 3.8) is 0 Å². The minimum atomic E-state index is -0.381. The Hall–Kier alpha value is -0.100. The van der Waals surface area contributed by atoms with E-state index in [1.165, 1.54) is 6.92 Å². The minimum absolute atomic E-state index is 0.381. The number of rotatable bonds is 0. The van der Waals surface area contributed by atoms with Crippen LogP contribution < -0.4 is 0 Å². The van der Waals surface area contributed by atoms with Crippen LogP contribution in [-0.2, 0) is 9.32 Å². The van der Waals surface area contributed by atoms with Crippen molar-refractivity contribution < 1.29 is 9.32 Å². The predicted molar refractivity (Wildman–Crippen MR) is 18.7 cm³/mol. The molecule has 0 aliphatic heterocycles. The van der Waals surface area contributed by atoms with Gasteiger partial charge in [-0.15, -0.1) is 0 Å². The van der Waals surface area contributed by atoms with E-state index in [-0.39, 0.29) is 5.97 Å². The van der Waals surface area contributed by atoms with Crippen LogP contribution in [0.25, 0.3) is 0 Å². The van der Waals surface area contributed by atoms with Crippen LogP contribution in [0.4, 0.5) is 0 Å². The van der Waals surface area contributed by atoms with E-state index in [1.54, 1.807) is 0 Å². The molecule has 0 N–H and O–H groups in total. The van der Waals surface area contributed by atoms with Gasteiger partial charge in [-0.2, -0.15) is 0 Å². The highest BCUT2D eigenvalue weighted by molar-refractivity contribution is 7.10. The molecule has 0 spiro atoms. The van der Waals surface area contributed by atoms with Crippen molar-refractivity contribution in [2.24, 2.45) is 0 Å². The summed E-state index contributed by atoms with van der Waals surface area (Å²) in [4.78, 5) is 9.51. The Bertz CT molecular complexity index is 42.9. The lowest BCUT2D eigenvalue weighted by atomic mass is 10.9. The maximum absolute atomic E-state index is 9.51. The van der Waals surface area contributed by atoms with Crippen molar-refractivity contribution in [3.05, 3.63) is 0 Å². The molecule has 0 unspecified atom stereocenters. The van der Waals surface area contributed by atoms with Crippen molar-refractivity contribution in [2.45, 2.75) is 6.92 Å². The van der Waals surface area contributed by atoms with Gasteiger partial charge in [-0.1, -0.05) is 0 Å². The van der Waals surface area contributed by atoms with Crippen molar-refractivity contribution in [3.8, 4) is 0 Å². The topological polar surface area (TPSA) is 26.3 Å². The summed E-state index contributed by atoms with van der Waals surface area (Å²) in [6.45, 7) is 1.28. The van der Waals surface area contributed by atoms with Gasteiger partial charge in [0.1, 0.15) is 0 Å². The third kappa shape index (κ3) is 3.90. The fourth-order valence-corrected chi connectivity index (χ4v) is 0. The van der Waals surface area contributed by atoms with E-state index < -0.39 is 0 Å². The van der Waals surface area contributed by atoms with Gasteiger partial charge in [-0.3, -0.25) is 4.79 Å². The summed E-state index contributed by atoms with van der Waals surface area (Å²) in [6.07, 6.45) is 0. The Labute approximate surface area is 32.8 Å². The molecule has 28 valence electrons. The highest BCUT2D eigenvalue weighted by Crippen LogP contribution is 1.81. The quantitative estimate of drug-likeness (QED) is 0.412. The third-order valence-electron chi connectivity index (χ3n) is 0.129. The second-order valence-corrected chi connectivity index (χ2v) is 0.765.